The molecule has 1 N–H and O–H groups in total. The van der Waals surface area contributed by atoms with Gasteiger partial charge in [0.2, 0.25) is 0 Å². The van der Waals surface area contributed by atoms with Gasteiger partial charge in [-0.1, -0.05) is 13.3 Å². The van der Waals surface area contributed by atoms with Gasteiger partial charge in [0.05, 0.1) is 18.4 Å². The molecule has 2 aromatic rings. The summed E-state index contributed by atoms with van der Waals surface area (Å²) in [5.41, 5.74) is 5.95. The molecule has 3 rings (SSSR count). The van der Waals surface area contributed by atoms with Crippen LogP contribution in [0.1, 0.15) is 59.3 Å². The maximum Gasteiger partial charge on any atom is 0.338 e. The first-order chi connectivity index (χ1) is 10.6. The van der Waals surface area contributed by atoms with Crippen molar-refractivity contribution in [2.45, 2.75) is 45.4 Å². The van der Waals surface area contributed by atoms with E-state index in [0.717, 1.165) is 28.9 Å². The normalized spacial score (nSPS) is 14.7. The van der Waals surface area contributed by atoms with Crippen molar-refractivity contribution < 1.29 is 9.53 Å². The molecule has 4 nitrogen and oxygen atoms in total. The van der Waals surface area contributed by atoms with E-state index in [9.17, 15) is 4.79 Å². The SMILES string of the molecule is CCc1cc(-c2cc(C(=O)OC)c(C)c(C3CCC3)c2)n[nH]1. The summed E-state index contributed by atoms with van der Waals surface area (Å²) in [5, 5.41) is 7.42. The summed E-state index contributed by atoms with van der Waals surface area (Å²) in [7, 11) is 1.43. The van der Waals surface area contributed by atoms with Crippen LogP contribution in [0, 0.1) is 6.92 Å². The number of rotatable bonds is 4. The molecule has 0 saturated heterocycles. The van der Waals surface area contributed by atoms with Gasteiger partial charge in [-0.25, -0.2) is 4.79 Å². The van der Waals surface area contributed by atoms with Gasteiger partial charge in [0, 0.05) is 11.3 Å². The molecule has 1 heterocycles. The molecule has 0 aliphatic heterocycles. The first-order valence-electron chi connectivity index (χ1n) is 7.91. The van der Waals surface area contributed by atoms with Crippen LogP contribution in [0.4, 0.5) is 0 Å². The molecule has 22 heavy (non-hydrogen) atoms. The summed E-state index contributed by atoms with van der Waals surface area (Å²) < 4.78 is 4.95. The average Bonchev–Trinajstić information content (AvgIpc) is 2.95. The number of nitrogens with zero attached hydrogens (tertiary/aromatic N) is 1. The Morgan fingerprint density at radius 3 is 2.68 bits per heavy atom. The van der Waals surface area contributed by atoms with Crippen LogP contribution < -0.4 is 0 Å². The van der Waals surface area contributed by atoms with Crippen molar-refractivity contribution in [3.63, 3.8) is 0 Å². The Balaban J connectivity index is 2.10. The van der Waals surface area contributed by atoms with Crippen molar-refractivity contribution in [1.82, 2.24) is 10.2 Å². The maximum atomic E-state index is 12.1. The topological polar surface area (TPSA) is 55.0 Å². The minimum atomic E-state index is -0.272. The number of carbonyl (C=O) groups is 1. The molecule has 1 saturated carbocycles. The predicted molar refractivity (Wildman–Crippen MR) is 86.1 cm³/mol. The lowest BCUT2D eigenvalue weighted by Gasteiger charge is -2.28. The zero-order valence-electron chi connectivity index (χ0n) is 13.4. The van der Waals surface area contributed by atoms with Gasteiger partial charge < -0.3 is 4.74 Å². The van der Waals surface area contributed by atoms with Crippen LogP contribution in [0.2, 0.25) is 0 Å². The Bertz CT molecular complexity index is 699. The number of H-pyrrole nitrogens is 1. The Morgan fingerprint density at radius 2 is 2.14 bits per heavy atom. The summed E-state index contributed by atoms with van der Waals surface area (Å²) in [6.45, 7) is 4.11. The third-order valence-electron chi connectivity index (χ3n) is 4.71. The first kappa shape index (κ1) is 14.8. The number of aromatic amines is 1. The molecule has 0 unspecified atom stereocenters. The molecule has 1 aliphatic rings. The molecule has 1 aromatic heterocycles. The molecule has 0 radical (unpaired) electrons. The molecule has 1 aromatic carbocycles. The molecule has 0 atom stereocenters. The minimum Gasteiger partial charge on any atom is -0.465 e. The van der Waals surface area contributed by atoms with Crippen molar-refractivity contribution >= 4 is 5.97 Å². The molecule has 0 spiro atoms. The number of nitrogens with one attached hydrogen (secondary N) is 1. The Hall–Kier alpha value is -2.10. The Morgan fingerprint density at radius 1 is 1.36 bits per heavy atom. The summed E-state index contributed by atoms with van der Waals surface area (Å²) >= 11 is 0. The minimum absolute atomic E-state index is 0.272. The van der Waals surface area contributed by atoms with Crippen molar-refractivity contribution in [3.05, 3.63) is 40.6 Å². The van der Waals surface area contributed by atoms with Crippen molar-refractivity contribution in [3.8, 4) is 11.3 Å². The first-order valence-corrected chi connectivity index (χ1v) is 7.91. The second-order valence-corrected chi connectivity index (χ2v) is 5.99. The number of benzene rings is 1. The predicted octanol–water partition coefficient (Wildman–Crippen LogP) is 4.00. The molecule has 1 fully saturated rings. The fourth-order valence-electron chi connectivity index (χ4n) is 3.04. The van der Waals surface area contributed by atoms with Crippen LogP contribution in [0.15, 0.2) is 18.2 Å². The number of methoxy groups -OCH3 is 1. The van der Waals surface area contributed by atoms with Crippen LogP contribution in [0.5, 0.6) is 0 Å². The van der Waals surface area contributed by atoms with E-state index in [4.69, 9.17) is 4.74 Å². The summed E-state index contributed by atoms with van der Waals surface area (Å²) in [6.07, 6.45) is 4.58. The second-order valence-electron chi connectivity index (χ2n) is 5.99. The van der Waals surface area contributed by atoms with E-state index in [1.165, 1.54) is 31.9 Å². The van der Waals surface area contributed by atoms with Gasteiger partial charge in [0.1, 0.15) is 0 Å². The largest absolute Gasteiger partial charge is 0.465 e. The van der Waals surface area contributed by atoms with Gasteiger partial charge in [-0.3, -0.25) is 5.10 Å². The van der Waals surface area contributed by atoms with Crippen molar-refractivity contribution in [1.29, 1.82) is 0 Å². The fourth-order valence-corrected chi connectivity index (χ4v) is 3.04. The summed E-state index contributed by atoms with van der Waals surface area (Å²) in [5.74, 6) is 0.291. The quantitative estimate of drug-likeness (QED) is 0.868. The Kier molecular flexibility index (Phi) is 4.01. The van der Waals surface area contributed by atoms with Gasteiger partial charge in [0.15, 0.2) is 0 Å². The van der Waals surface area contributed by atoms with E-state index in [2.05, 4.69) is 29.3 Å². The molecule has 116 valence electrons. The summed E-state index contributed by atoms with van der Waals surface area (Å²) in [6, 6.07) is 6.15. The number of esters is 1. The number of aryl methyl sites for hydroxylation is 1. The number of hydrogen-bond acceptors (Lipinski definition) is 3. The van der Waals surface area contributed by atoms with E-state index >= 15 is 0 Å². The van der Waals surface area contributed by atoms with Gasteiger partial charge >= 0.3 is 5.97 Å². The van der Waals surface area contributed by atoms with E-state index in [1.807, 2.05) is 13.0 Å². The van der Waals surface area contributed by atoms with E-state index in [-0.39, 0.29) is 5.97 Å². The van der Waals surface area contributed by atoms with Crippen molar-refractivity contribution in [2.24, 2.45) is 0 Å². The van der Waals surface area contributed by atoms with Gasteiger partial charge in [-0.15, -0.1) is 0 Å². The Labute approximate surface area is 130 Å². The lowest BCUT2D eigenvalue weighted by molar-refractivity contribution is 0.0599. The number of ether oxygens (including phenoxy) is 1. The zero-order chi connectivity index (χ0) is 15.7. The van der Waals surface area contributed by atoms with Crippen LogP contribution in [0.3, 0.4) is 0 Å². The van der Waals surface area contributed by atoms with Gasteiger partial charge in [-0.05, 0) is 61.4 Å². The molecular formula is C18H22N2O2. The molecule has 4 heteroatoms. The highest BCUT2D eigenvalue weighted by atomic mass is 16.5. The maximum absolute atomic E-state index is 12.1. The van der Waals surface area contributed by atoms with Crippen LogP contribution in [-0.4, -0.2) is 23.3 Å². The highest BCUT2D eigenvalue weighted by Crippen LogP contribution is 2.40. The fraction of sp³-hybridized carbons (Fsp3) is 0.444. The average molecular weight is 298 g/mol. The van der Waals surface area contributed by atoms with E-state index in [1.54, 1.807) is 0 Å². The lowest BCUT2D eigenvalue weighted by Crippen LogP contribution is -2.14. The van der Waals surface area contributed by atoms with Gasteiger partial charge in [0.25, 0.3) is 0 Å². The highest BCUT2D eigenvalue weighted by Gasteiger charge is 2.25. The molecule has 1 aliphatic carbocycles. The van der Waals surface area contributed by atoms with Crippen LogP contribution >= 0.6 is 0 Å². The lowest BCUT2D eigenvalue weighted by atomic mass is 9.77. The van der Waals surface area contributed by atoms with E-state index < -0.39 is 0 Å². The molecular weight excluding hydrogens is 276 g/mol. The zero-order valence-corrected chi connectivity index (χ0v) is 13.4. The highest BCUT2D eigenvalue weighted by molar-refractivity contribution is 5.93. The van der Waals surface area contributed by atoms with E-state index in [0.29, 0.717) is 11.5 Å². The number of aromatic nitrogens is 2. The van der Waals surface area contributed by atoms with Crippen LogP contribution in [-0.2, 0) is 11.2 Å². The molecule has 0 amide bonds. The monoisotopic (exact) mass is 298 g/mol. The molecule has 0 bridgehead atoms. The summed E-state index contributed by atoms with van der Waals surface area (Å²) in [4.78, 5) is 12.1. The van der Waals surface area contributed by atoms with Crippen molar-refractivity contribution in [2.75, 3.05) is 7.11 Å². The number of carbonyl (C=O) groups excluding carboxylic acids is 1. The standard InChI is InChI=1S/C18H22N2O2/c1-4-14-10-17(20-19-14)13-8-15(12-6-5-7-12)11(2)16(9-13)18(21)22-3/h8-10,12H,4-7H2,1-3H3,(H,19,20). The van der Waals surface area contributed by atoms with Gasteiger partial charge in [-0.2, -0.15) is 5.10 Å². The van der Waals surface area contributed by atoms with Crippen LogP contribution in [0.25, 0.3) is 11.3 Å². The third kappa shape index (κ3) is 2.54. The number of hydrogen-bond donors (Lipinski definition) is 1. The smallest absolute Gasteiger partial charge is 0.338 e. The second kappa shape index (κ2) is 5.95. The third-order valence-corrected chi connectivity index (χ3v) is 4.71.